The molecule has 4 nitrogen and oxygen atoms in total. The number of hydrogen-bond acceptors (Lipinski definition) is 3. The van der Waals surface area contributed by atoms with Crippen LogP contribution in [-0.2, 0) is 12.0 Å². The Labute approximate surface area is 187 Å². The number of benzene rings is 3. The van der Waals surface area contributed by atoms with Crippen molar-refractivity contribution in [3.05, 3.63) is 117 Å². The lowest BCUT2D eigenvalue weighted by Crippen LogP contribution is -2.29. The van der Waals surface area contributed by atoms with E-state index in [1.807, 2.05) is 54.6 Å². The molecule has 1 atom stereocenters. The van der Waals surface area contributed by atoms with E-state index in [2.05, 4.69) is 32.9 Å². The second kappa shape index (κ2) is 7.49. The smallest absolute Gasteiger partial charge is 0.291 e. The molecule has 0 aliphatic carbocycles. The molecule has 0 spiro atoms. The molecule has 0 bridgehead atoms. The summed E-state index contributed by atoms with van der Waals surface area (Å²) in [5.41, 5.74) is 3.84. The molecular weight excluding hydrogens is 398 g/mol. The van der Waals surface area contributed by atoms with Gasteiger partial charge in [0, 0.05) is 6.54 Å². The lowest BCUT2D eigenvalue weighted by Gasteiger charge is -2.26. The zero-order valence-corrected chi connectivity index (χ0v) is 18.5. The third-order valence-corrected chi connectivity index (χ3v) is 6.16. The number of amides is 1. The third kappa shape index (κ3) is 3.32. The van der Waals surface area contributed by atoms with Crippen LogP contribution in [0.5, 0.6) is 0 Å². The van der Waals surface area contributed by atoms with Crippen LogP contribution in [0.25, 0.3) is 11.0 Å². The quantitative estimate of drug-likeness (QED) is 0.416. The van der Waals surface area contributed by atoms with E-state index in [0.717, 1.165) is 11.1 Å². The van der Waals surface area contributed by atoms with E-state index in [4.69, 9.17) is 4.42 Å². The van der Waals surface area contributed by atoms with Gasteiger partial charge >= 0.3 is 0 Å². The molecule has 0 fully saturated rings. The highest BCUT2D eigenvalue weighted by atomic mass is 16.3. The first kappa shape index (κ1) is 20.3. The lowest BCUT2D eigenvalue weighted by atomic mass is 9.86. The van der Waals surface area contributed by atoms with Gasteiger partial charge in [0.2, 0.25) is 5.76 Å². The summed E-state index contributed by atoms with van der Waals surface area (Å²) >= 11 is 0. The number of hydrogen-bond donors (Lipinski definition) is 0. The van der Waals surface area contributed by atoms with Gasteiger partial charge in [0.1, 0.15) is 5.58 Å². The van der Waals surface area contributed by atoms with Gasteiger partial charge in [-0.2, -0.15) is 0 Å². The van der Waals surface area contributed by atoms with Crippen LogP contribution in [0.2, 0.25) is 0 Å². The summed E-state index contributed by atoms with van der Waals surface area (Å²) in [7, 11) is 0. The Morgan fingerprint density at radius 2 is 1.50 bits per heavy atom. The molecule has 0 saturated carbocycles. The summed E-state index contributed by atoms with van der Waals surface area (Å²) in [6.45, 7) is 6.89. The molecule has 4 aromatic rings. The van der Waals surface area contributed by atoms with Crippen LogP contribution >= 0.6 is 0 Å². The number of carbonyl (C=O) groups excluding carboxylic acids is 1. The molecule has 0 saturated heterocycles. The molecule has 1 aliphatic heterocycles. The van der Waals surface area contributed by atoms with Crippen molar-refractivity contribution < 1.29 is 9.21 Å². The molecule has 1 aromatic heterocycles. The maximum absolute atomic E-state index is 13.5. The first-order chi connectivity index (χ1) is 15.3. The number of nitrogens with zero attached hydrogens (tertiary/aromatic N) is 1. The lowest BCUT2D eigenvalue weighted by molar-refractivity contribution is 0.0714. The minimum atomic E-state index is -0.493. The van der Waals surface area contributed by atoms with Crippen molar-refractivity contribution in [3.8, 4) is 0 Å². The average molecular weight is 424 g/mol. The van der Waals surface area contributed by atoms with Gasteiger partial charge in [-0.15, -0.1) is 0 Å². The number of para-hydroxylation sites is 1. The molecule has 0 N–H and O–H groups in total. The van der Waals surface area contributed by atoms with Crippen LogP contribution < -0.4 is 5.43 Å². The van der Waals surface area contributed by atoms with Crippen LogP contribution in [0.1, 0.15) is 59.6 Å². The predicted octanol–water partition coefficient (Wildman–Crippen LogP) is 5.84. The molecule has 1 unspecified atom stereocenters. The van der Waals surface area contributed by atoms with Crippen LogP contribution in [0.15, 0.2) is 88.1 Å². The second-order valence-electron chi connectivity index (χ2n) is 9.36. The van der Waals surface area contributed by atoms with E-state index in [1.165, 1.54) is 5.56 Å². The Morgan fingerprint density at radius 1 is 0.844 bits per heavy atom. The van der Waals surface area contributed by atoms with Crippen molar-refractivity contribution in [1.29, 1.82) is 0 Å². The van der Waals surface area contributed by atoms with Gasteiger partial charge in [-0.25, -0.2) is 0 Å². The fourth-order valence-corrected chi connectivity index (χ4v) is 4.42. The minimum Gasteiger partial charge on any atom is -0.450 e. The highest BCUT2D eigenvalue weighted by molar-refractivity contribution is 5.99. The van der Waals surface area contributed by atoms with E-state index < -0.39 is 6.04 Å². The average Bonchev–Trinajstić information content (AvgIpc) is 3.06. The van der Waals surface area contributed by atoms with Crippen LogP contribution in [0.3, 0.4) is 0 Å². The standard InChI is InChI=1S/C28H25NO3/c1-28(2,3)20-15-13-19(14-16-20)24-23-25(30)21-11-7-8-12-22(21)32-26(23)27(31)29(24)17-18-9-5-4-6-10-18/h4-16,24H,17H2,1-3H3. The minimum absolute atomic E-state index is 0.0148. The second-order valence-corrected chi connectivity index (χ2v) is 9.36. The van der Waals surface area contributed by atoms with Crippen molar-refractivity contribution in [2.75, 3.05) is 0 Å². The number of carbonyl (C=O) groups is 1. The number of rotatable bonds is 3. The van der Waals surface area contributed by atoms with Crippen LogP contribution in [0, 0.1) is 0 Å². The van der Waals surface area contributed by atoms with Gasteiger partial charge in [-0.3, -0.25) is 9.59 Å². The number of fused-ring (bicyclic) bond motifs is 2. The maximum Gasteiger partial charge on any atom is 0.291 e. The van der Waals surface area contributed by atoms with Crippen molar-refractivity contribution in [2.45, 2.75) is 38.8 Å². The van der Waals surface area contributed by atoms with Crippen molar-refractivity contribution in [1.82, 2.24) is 4.90 Å². The summed E-state index contributed by atoms with van der Waals surface area (Å²) in [5, 5.41) is 0.497. The Balaban J connectivity index is 1.69. The van der Waals surface area contributed by atoms with Gasteiger partial charge in [-0.1, -0.05) is 87.5 Å². The molecule has 3 aromatic carbocycles. The predicted molar refractivity (Wildman–Crippen MR) is 126 cm³/mol. The third-order valence-electron chi connectivity index (χ3n) is 6.16. The zero-order chi connectivity index (χ0) is 22.5. The fourth-order valence-electron chi connectivity index (χ4n) is 4.42. The highest BCUT2D eigenvalue weighted by Crippen LogP contribution is 2.39. The monoisotopic (exact) mass is 423 g/mol. The molecule has 160 valence electrons. The summed E-state index contributed by atoms with van der Waals surface area (Å²) in [6, 6.07) is 24.7. The molecule has 32 heavy (non-hydrogen) atoms. The van der Waals surface area contributed by atoms with Gasteiger partial charge in [-0.05, 0) is 34.2 Å². The molecule has 0 radical (unpaired) electrons. The largest absolute Gasteiger partial charge is 0.450 e. The van der Waals surface area contributed by atoms with E-state index >= 15 is 0 Å². The van der Waals surface area contributed by atoms with Gasteiger partial charge in [0.25, 0.3) is 5.91 Å². The van der Waals surface area contributed by atoms with Crippen LogP contribution in [0.4, 0.5) is 0 Å². The molecule has 5 rings (SSSR count). The molecular formula is C28H25NO3. The maximum atomic E-state index is 13.5. The van der Waals surface area contributed by atoms with Crippen LogP contribution in [-0.4, -0.2) is 10.8 Å². The van der Waals surface area contributed by atoms with E-state index in [1.54, 1.807) is 17.0 Å². The van der Waals surface area contributed by atoms with Crippen molar-refractivity contribution >= 4 is 16.9 Å². The molecule has 1 amide bonds. The first-order valence-electron chi connectivity index (χ1n) is 10.9. The van der Waals surface area contributed by atoms with E-state index in [9.17, 15) is 9.59 Å². The fraction of sp³-hybridized carbons (Fsp3) is 0.214. The van der Waals surface area contributed by atoms with E-state index in [0.29, 0.717) is 23.1 Å². The van der Waals surface area contributed by atoms with Crippen molar-refractivity contribution in [3.63, 3.8) is 0 Å². The molecule has 4 heteroatoms. The highest BCUT2D eigenvalue weighted by Gasteiger charge is 2.42. The SMILES string of the molecule is CC(C)(C)c1ccc(C2c3c(oc4ccccc4c3=O)C(=O)N2Cc2ccccc2)cc1. The Hall–Kier alpha value is -3.66. The van der Waals surface area contributed by atoms with E-state index in [-0.39, 0.29) is 22.5 Å². The molecule has 2 heterocycles. The van der Waals surface area contributed by atoms with Gasteiger partial charge < -0.3 is 9.32 Å². The summed E-state index contributed by atoms with van der Waals surface area (Å²) in [6.07, 6.45) is 0. The summed E-state index contributed by atoms with van der Waals surface area (Å²) < 4.78 is 6.00. The normalized spacial score (nSPS) is 15.9. The molecule has 1 aliphatic rings. The Morgan fingerprint density at radius 3 is 2.19 bits per heavy atom. The Kier molecular flexibility index (Phi) is 4.74. The zero-order valence-electron chi connectivity index (χ0n) is 18.5. The first-order valence-corrected chi connectivity index (χ1v) is 10.9. The van der Waals surface area contributed by atoms with Gasteiger partial charge in [0.15, 0.2) is 5.43 Å². The Bertz CT molecular complexity index is 1360. The van der Waals surface area contributed by atoms with Crippen molar-refractivity contribution in [2.24, 2.45) is 0 Å². The summed E-state index contributed by atoms with van der Waals surface area (Å²) in [5.74, 6) is -0.105. The topological polar surface area (TPSA) is 50.5 Å². The summed E-state index contributed by atoms with van der Waals surface area (Å²) in [4.78, 5) is 28.8. The van der Waals surface area contributed by atoms with Gasteiger partial charge in [0.05, 0.1) is 17.0 Å².